The van der Waals surface area contributed by atoms with Gasteiger partial charge >= 0.3 is 0 Å². The van der Waals surface area contributed by atoms with Crippen LogP contribution >= 0.6 is 0 Å². The first-order chi connectivity index (χ1) is 12.1. The molecule has 3 saturated heterocycles. The van der Waals surface area contributed by atoms with E-state index in [4.69, 9.17) is 0 Å². The maximum atomic E-state index is 12.3. The fourth-order valence-corrected chi connectivity index (χ4v) is 4.01. The number of benzene rings is 1. The highest BCUT2D eigenvalue weighted by atomic mass is 16.2. The summed E-state index contributed by atoms with van der Waals surface area (Å²) < 4.78 is 0. The van der Waals surface area contributed by atoms with Crippen LogP contribution in [0.4, 0.5) is 0 Å². The van der Waals surface area contributed by atoms with E-state index in [0.717, 1.165) is 13.1 Å². The lowest BCUT2D eigenvalue weighted by molar-refractivity contribution is -0.136. The normalized spacial score (nSPS) is 24.9. The van der Waals surface area contributed by atoms with Gasteiger partial charge in [0.25, 0.3) is 0 Å². The van der Waals surface area contributed by atoms with E-state index in [2.05, 4.69) is 34.6 Å². The number of amides is 1. The number of aromatic nitrogens is 1. The molecule has 1 N–H and O–H groups in total. The topological polar surface area (TPSA) is 48.5 Å². The van der Waals surface area contributed by atoms with Gasteiger partial charge in [0.2, 0.25) is 5.91 Å². The molecule has 2 bridgehead atoms. The van der Waals surface area contributed by atoms with Crippen LogP contribution in [0.15, 0.2) is 48.8 Å². The van der Waals surface area contributed by atoms with Crippen molar-refractivity contribution in [2.45, 2.75) is 18.0 Å². The lowest BCUT2D eigenvalue weighted by atomic mass is 9.74. The van der Waals surface area contributed by atoms with E-state index in [1.807, 2.05) is 48.4 Å². The van der Waals surface area contributed by atoms with Gasteiger partial charge in [-0.3, -0.25) is 9.78 Å². The van der Waals surface area contributed by atoms with Gasteiger partial charge in [-0.05, 0) is 42.9 Å². The van der Waals surface area contributed by atoms with Gasteiger partial charge in [0.1, 0.15) is 0 Å². The zero-order chi connectivity index (χ0) is 17.4. The van der Waals surface area contributed by atoms with Crippen LogP contribution in [0.25, 0.3) is 11.1 Å². The van der Waals surface area contributed by atoms with E-state index in [9.17, 15) is 4.79 Å². The van der Waals surface area contributed by atoms with Crippen LogP contribution in [-0.4, -0.2) is 66.5 Å². The third kappa shape index (κ3) is 3.17. The fourth-order valence-electron chi connectivity index (χ4n) is 4.01. The minimum atomic E-state index is 0.230. The van der Waals surface area contributed by atoms with Crippen LogP contribution in [0.5, 0.6) is 0 Å². The van der Waals surface area contributed by atoms with E-state index in [-0.39, 0.29) is 5.91 Å². The van der Waals surface area contributed by atoms with Crippen LogP contribution in [0, 0.1) is 0 Å². The van der Waals surface area contributed by atoms with Crippen molar-refractivity contribution in [1.82, 2.24) is 20.1 Å². The van der Waals surface area contributed by atoms with Crippen molar-refractivity contribution in [2.75, 3.05) is 33.7 Å². The molecule has 1 unspecified atom stereocenters. The first-order valence-corrected chi connectivity index (χ1v) is 8.81. The molecule has 0 radical (unpaired) electrons. The molecule has 5 heteroatoms. The van der Waals surface area contributed by atoms with Gasteiger partial charge in [-0.1, -0.05) is 24.3 Å². The number of hydrogen-bond donors (Lipinski definition) is 1. The molecule has 130 valence electrons. The first-order valence-electron chi connectivity index (χ1n) is 8.81. The van der Waals surface area contributed by atoms with Crippen molar-refractivity contribution in [1.29, 1.82) is 0 Å². The molecule has 2 aromatic rings. The Morgan fingerprint density at radius 1 is 1.08 bits per heavy atom. The number of pyridine rings is 1. The van der Waals surface area contributed by atoms with Crippen molar-refractivity contribution >= 4 is 5.91 Å². The second-order valence-corrected chi connectivity index (χ2v) is 7.30. The quantitative estimate of drug-likeness (QED) is 0.921. The Morgan fingerprint density at radius 2 is 1.68 bits per heavy atom. The molecule has 0 spiro atoms. The maximum Gasteiger partial charge on any atom is 0.236 e. The second-order valence-electron chi connectivity index (χ2n) is 7.30. The monoisotopic (exact) mass is 336 g/mol. The standard InChI is InChI=1S/C20H24N4O/c1-23(2)13-19(25)24-11-17-20(18(12-24)22-17)16-5-3-14(4-6-16)15-7-9-21-10-8-15/h3-10,17-18,20,22H,11-13H2,1-2H3/t17-,18+,20?. The van der Waals surface area contributed by atoms with Crippen molar-refractivity contribution < 1.29 is 4.79 Å². The summed E-state index contributed by atoms with van der Waals surface area (Å²) in [6.07, 6.45) is 3.64. The predicted molar refractivity (Wildman–Crippen MR) is 98.3 cm³/mol. The summed E-state index contributed by atoms with van der Waals surface area (Å²) in [6.45, 7) is 2.10. The summed E-state index contributed by atoms with van der Waals surface area (Å²) in [5.74, 6) is 0.739. The van der Waals surface area contributed by atoms with Crippen molar-refractivity contribution in [2.24, 2.45) is 0 Å². The minimum Gasteiger partial charge on any atom is -0.338 e. The number of carbonyl (C=O) groups is 1. The van der Waals surface area contributed by atoms with Gasteiger partial charge in [0.15, 0.2) is 0 Å². The van der Waals surface area contributed by atoms with Crippen molar-refractivity contribution in [3.8, 4) is 11.1 Å². The predicted octanol–water partition coefficient (Wildman–Crippen LogP) is 1.58. The van der Waals surface area contributed by atoms with Gasteiger partial charge in [-0.15, -0.1) is 0 Å². The van der Waals surface area contributed by atoms with Crippen LogP contribution in [0.2, 0.25) is 0 Å². The average Bonchev–Trinajstić information content (AvgIpc) is 2.62. The summed E-state index contributed by atoms with van der Waals surface area (Å²) in [4.78, 5) is 20.3. The van der Waals surface area contributed by atoms with E-state index in [0.29, 0.717) is 24.5 Å². The maximum absolute atomic E-state index is 12.3. The number of rotatable bonds is 4. The number of likely N-dealkylation sites (N-methyl/N-ethyl adjacent to an activating group) is 1. The molecular weight excluding hydrogens is 312 g/mol. The molecule has 3 atom stereocenters. The number of hydrogen-bond acceptors (Lipinski definition) is 4. The second kappa shape index (κ2) is 6.58. The summed E-state index contributed by atoms with van der Waals surface area (Å²) >= 11 is 0. The molecule has 0 aliphatic carbocycles. The van der Waals surface area contributed by atoms with Gasteiger partial charge in [-0.25, -0.2) is 0 Å². The average molecular weight is 336 g/mol. The molecule has 3 fully saturated rings. The number of nitrogens with zero attached hydrogens (tertiary/aromatic N) is 3. The zero-order valence-electron chi connectivity index (χ0n) is 14.7. The summed E-state index contributed by atoms with van der Waals surface area (Å²) in [5.41, 5.74) is 3.77. The molecule has 5 rings (SSSR count). The van der Waals surface area contributed by atoms with Crippen molar-refractivity contribution in [3.63, 3.8) is 0 Å². The Kier molecular flexibility index (Phi) is 4.27. The zero-order valence-corrected chi connectivity index (χ0v) is 14.7. The molecule has 0 saturated carbocycles. The van der Waals surface area contributed by atoms with Crippen LogP contribution in [0.1, 0.15) is 11.5 Å². The van der Waals surface area contributed by atoms with Gasteiger partial charge in [0.05, 0.1) is 6.54 Å². The third-order valence-corrected chi connectivity index (χ3v) is 5.24. The Morgan fingerprint density at radius 3 is 2.28 bits per heavy atom. The molecule has 1 amide bonds. The number of fused-ring (bicyclic) bond motifs is 2. The number of piperazine rings is 1. The molecule has 4 heterocycles. The fraction of sp³-hybridized carbons (Fsp3) is 0.400. The molecular formula is C20H24N4O. The lowest BCUT2D eigenvalue weighted by Crippen LogP contribution is -2.72. The molecule has 3 aliphatic rings. The van der Waals surface area contributed by atoms with Crippen molar-refractivity contribution in [3.05, 3.63) is 54.4 Å². The Balaban J connectivity index is 1.44. The highest BCUT2D eigenvalue weighted by Gasteiger charge is 2.47. The molecule has 1 aromatic carbocycles. The van der Waals surface area contributed by atoms with Crippen LogP contribution in [-0.2, 0) is 4.79 Å². The van der Waals surface area contributed by atoms with Gasteiger partial charge in [0, 0.05) is 43.5 Å². The summed E-state index contributed by atoms with van der Waals surface area (Å²) in [7, 11) is 3.88. The molecule has 25 heavy (non-hydrogen) atoms. The largest absolute Gasteiger partial charge is 0.338 e. The molecule has 1 aromatic heterocycles. The van der Waals surface area contributed by atoms with Crippen LogP contribution < -0.4 is 5.32 Å². The lowest BCUT2D eigenvalue weighted by Gasteiger charge is -2.55. The Labute approximate surface area is 148 Å². The molecule has 5 nitrogen and oxygen atoms in total. The van der Waals surface area contributed by atoms with Crippen LogP contribution in [0.3, 0.4) is 0 Å². The molecule has 3 aliphatic heterocycles. The van der Waals surface area contributed by atoms with E-state index in [1.165, 1.54) is 16.7 Å². The summed E-state index contributed by atoms with van der Waals surface area (Å²) in [5, 5.41) is 3.60. The third-order valence-electron chi connectivity index (χ3n) is 5.24. The van der Waals surface area contributed by atoms with E-state index < -0.39 is 0 Å². The smallest absolute Gasteiger partial charge is 0.236 e. The Hall–Kier alpha value is -2.24. The van der Waals surface area contributed by atoms with E-state index in [1.54, 1.807) is 0 Å². The number of nitrogens with one attached hydrogen (secondary N) is 1. The highest BCUT2D eigenvalue weighted by Crippen LogP contribution is 2.37. The number of carbonyl (C=O) groups excluding carboxylic acids is 1. The Bertz CT molecular complexity index is 732. The van der Waals surface area contributed by atoms with E-state index >= 15 is 0 Å². The minimum absolute atomic E-state index is 0.230. The first kappa shape index (κ1) is 16.2. The van der Waals surface area contributed by atoms with Gasteiger partial charge in [-0.2, -0.15) is 0 Å². The SMILES string of the molecule is CN(C)CC(=O)N1C[C@@H]2N[C@H](C1)C2c1ccc(-c2ccncc2)cc1. The number of piperidine rings is 1. The van der Waals surface area contributed by atoms with Gasteiger partial charge < -0.3 is 15.1 Å². The summed E-state index contributed by atoms with van der Waals surface area (Å²) in [6, 6.07) is 13.7. The highest BCUT2D eigenvalue weighted by molar-refractivity contribution is 5.78.